The summed E-state index contributed by atoms with van der Waals surface area (Å²) in [5.41, 5.74) is -1.38. The third kappa shape index (κ3) is 5.63. The molecule has 0 atom stereocenters. The molecular weight excluding hydrogens is 462 g/mol. The summed E-state index contributed by atoms with van der Waals surface area (Å²) in [5.74, 6) is -0.772. The van der Waals surface area contributed by atoms with Gasteiger partial charge in [-0.05, 0) is 55.9 Å². The van der Waals surface area contributed by atoms with Crippen molar-refractivity contribution in [2.24, 2.45) is 5.92 Å². The maximum atomic E-state index is 14.0. The summed E-state index contributed by atoms with van der Waals surface area (Å²) in [4.78, 5) is 23.6. The number of rotatable bonds is 6. The second-order valence-electron chi connectivity index (χ2n) is 9.01. The van der Waals surface area contributed by atoms with Crippen molar-refractivity contribution in [2.75, 3.05) is 30.9 Å². The van der Waals surface area contributed by atoms with Gasteiger partial charge in [0.25, 0.3) is 5.91 Å². The number of carbonyl (C=O) groups excluding carboxylic acids is 1. The molecule has 0 radical (unpaired) electrons. The molecule has 1 aliphatic carbocycles. The monoisotopic (exact) mass is 489 g/mol. The number of anilines is 2. The first-order valence-corrected chi connectivity index (χ1v) is 11.5. The first kappa shape index (κ1) is 24.7. The lowest BCUT2D eigenvalue weighted by atomic mass is 9.86. The van der Waals surface area contributed by atoms with Crippen LogP contribution in [0.15, 0.2) is 42.5 Å². The zero-order chi connectivity index (χ0) is 25.2. The molecule has 1 saturated carbocycles. The van der Waals surface area contributed by atoms with Crippen molar-refractivity contribution >= 4 is 28.6 Å². The molecule has 0 saturated heterocycles. The number of para-hydroxylation sites is 1. The Morgan fingerprint density at radius 2 is 1.74 bits per heavy atom. The van der Waals surface area contributed by atoms with Gasteiger partial charge in [0.15, 0.2) is 0 Å². The van der Waals surface area contributed by atoms with E-state index in [1.165, 1.54) is 0 Å². The van der Waals surface area contributed by atoms with Crippen molar-refractivity contribution in [1.29, 1.82) is 0 Å². The van der Waals surface area contributed by atoms with Crippen molar-refractivity contribution in [1.82, 2.24) is 15.3 Å². The number of nitrogens with one attached hydrogen (secondary N) is 2. The highest BCUT2D eigenvalue weighted by Gasteiger charge is 2.37. The van der Waals surface area contributed by atoms with E-state index in [1.807, 2.05) is 43.3 Å². The summed E-state index contributed by atoms with van der Waals surface area (Å²) in [7, 11) is 3.86. The second-order valence-corrected chi connectivity index (χ2v) is 9.01. The predicted octanol–water partition coefficient (Wildman–Crippen LogP) is 5.25. The lowest BCUT2D eigenvalue weighted by Crippen LogP contribution is -2.35. The van der Waals surface area contributed by atoms with Gasteiger partial charge in [-0.1, -0.05) is 18.2 Å². The van der Waals surface area contributed by atoms with Gasteiger partial charge in [0, 0.05) is 32.1 Å². The van der Waals surface area contributed by atoms with Crippen molar-refractivity contribution in [3.05, 3.63) is 59.4 Å². The molecule has 2 aromatic carbocycles. The van der Waals surface area contributed by atoms with Crippen LogP contribution in [0.2, 0.25) is 0 Å². The Bertz CT molecular complexity index is 1210. The summed E-state index contributed by atoms with van der Waals surface area (Å²) >= 11 is 0. The SMILES string of the molecule is CN(C)c1nc(N[C@H]2CC[C@@H](CNC(=O)c3c(F)cccc3C(F)(F)F)CC2)nc2ccccc12. The number of nitrogens with zero attached hydrogens (tertiary/aromatic N) is 3. The van der Waals surface area contributed by atoms with E-state index in [1.54, 1.807) is 0 Å². The Hall–Kier alpha value is -3.43. The number of amides is 1. The van der Waals surface area contributed by atoms with E-state index in [9.17, 15) is 22.4 Å². The Labute approximate surface area is 200 Å². The fourth-order valence-corrected chi connectivity index (χ4v) is 4.48. The van der Waals surface area contributed by atoms with E-state index >= 15 is 0 Å². The fraction of sp³-hybridized carbons (Fsp3) is 0.400. The number of hydrogen-bond acceptors (Lipinski definition) is 5. The van der Waals surface area contributed by atoms with Crippen LogP contribution in [0.4, 0.5) is 29.3 Å². The topological polar surface area (TPSA) is 70.2 Å². The highest BCUT2D eigenvalue weighted by molar-refractivity contribution is 5.96. The minimum absolute atomic E-state index is 0.0907. The molecule has 186 valence electrons. The van der Waals surface area contributed by atoms with Gasteiger partial charge in [0.2, 0.25) is 5.95 Å². The standard InChI is InChI=1S/C25H27F4N5O/c1-34(2)22-17-6-3-4-9-20(17)32-24(33-22)31-16-12-10-15(11-13-16)14-30-23(35)21-18(25(27,28)29)7-5-8-19(21)26/h3-9,15-16H,10-14H2,1-2H3,(H,30,35)(H,31,32,33)/t15-,16+. The van der Waals surface area contributed by atoms with E-state index in [0.717, 1.165) is 54.5 Å². The number of carbonyl (C=O) groups is 1. The van der Waals surface area contributed by atoms with Crippen molar-refractivity contribution in [3.63, 3.8) is 0 Å². The quantitative estimate of drug-likeness (QED) is 0.463. The number of hydrogen-bond donors (Lipinski definition) is 2. The molecule has 1 aromatic heterocycles. The molecule has 3 aromatic rings. The van der Waals surface area contributed by atoms with E-state index in [4.69, 9.17) is 0 Å². The van der Waals surface area contributed by atoms with Gasteiger partial charge >= 0.3 is 6.18 Å². The zero-order valence-electron chi connectivity index (χ0n) is 19.5. The molecule has 1 aliphatic rings. The van der Waals surface area contributed by atoms with Crippen LogP contribution < -0.4 is 15.5 Å². The molecule has 4 rings (SSSR count). The highest BCUT2D eigenvalue weighted by atomic mass is 19.4. The van der Waals surface area contributed by atoms with Crippen LogP contribution in [0, 0.1) is 11.7 Å². The molecule has 6 nitrogen and oxygen atoms in total. The van der Waals surface area contributed by atoms with E-state index in [-0.39, 0.29) is 18.5 Å². The van der Waals surface area contributed by atoms with Crippen LogP contribution >= 0.6 is 0 Å². The van der Waals surface area contributed by atoms with Crippen molar-refractivity contribution in [2.45, 2.75) is 37.9 Å². The third-order valence-electron chi connectivity index (χ3n) is 6.28. The Morgan fingerprint density at radius 3 is 2.43 bits per heavy atom. The normalized spacial score (nSPS) is 18.3. The van der Waals surface area contributed by atoms with Gasteiger partial charge in [0.1, 0.15) is 11.6 Å². The maximum Gasteiger partial charge on any atom is 0.417 e. The summed E-state index contributed by atoms with van der Waals surface area (Å²) in [6, 6.07) is 10.5. The predicted molar refractivity (Wildman–Crippen MR) is 127 cm³/mol. The number of aromatic nitrogens is 2. The molecule has 0 spiro atoms. The lowest BCUT2D eigenvalue weighted by molar-refractivity contribution is -0.138. The first-order valence-electron chi connectivity index (χ1n) is 11.5. The van der Waals surface area contributed by atoms with Gasteiger partial charge in [-0.2, -0.15) is 18.2 Å². The fourth-order valence-electron chi connectivity index (χ4n) is 4.48. The molecule has 2 N–H and O–H groups in total. The molecule has 0 bridgehead atoms. The average molecular weight is 490 g/mol. The van der Waals surface area contributed by atoms with Gasteiger partial charge in [0.05, 0.1) is 16.6 Å². The Balaban J connectivity index is 1.35. The first-order chi connectivity index (χ1) is 16.6. The van der Waals surface area contributed by atoms with Crippen LogP contribution in [0.5, 0.6) is 0 Å². The highest BCUT2D eigenvalue weighted by Crippen LogP contribution is 2.33. The van der Waals surface area contributed by atoms with Crippen molar-refractivity contribution < 1.29 is 22.4 Å². The van der Waals surface area contributed by atoms with Gasteiger partial charge in [-0.25, -0.2) is 9.37 Å². The van der Waals surface area contributed by atoms with Crippen LogP contribution in [-0.4, -0.2) is 42.6 Å². The van der Waals surface area contributed by atoms with Crippen LogP contribution in [-0.2, 0) is 6.18 Å². The third-order valence-corrected chi connectivity index (χ3v) is 6.28. The molecule has 35 heavy (non-hydrogen) atoms. The molecule has 1 amide bonds. The van der Waals surface area contributed by atoms with E-state index in [0.29, 0.717) is 12.0 Å². The van der Waals surface area contributed by atoms with Gasteiger partial charge < -0.3 is 15.5 Å². The zero-order valence-corrected chi connectivity index (χ0v) is 19.5. The largest absolute Gasteiger partial charge is 0.417 e. The number of benzene rings is 2. The summed E-state index contributed by atoms with van der Waals surface area (Å²) < 4.78 is 53.6. The minimum atomic E-state index is -4.81. The minimum Gasteiger partial charge on any atom is -0.362 e. The van der Waals surface area contributed by atoms with Gasteiger partial charge in [-0.3, -0.25) is 4.79 Å². The van der Waals surface area contributed by atoms with E-state index < -0.39 is 29.0 Å². The number of alkyl halides is 3. The van der Waals surface area contributed by atoms with Crippen LogP contribution in [0.1, 0.15) is 41.6 Å². The molecule has 10 heteroatoms. The summed E-state index contributed by atoms with van der Waals surface area (Å²) in [5, 5.41) is 6.86. The van der Waals surface area contributed by atoms with Crippen LogP contribution in [0.25, 0.3) is 10.9 Å². The number of fused-ring (bicyclic) bond motifs is 1. The average Bonchev–Trinajstić information content (AvgIpc) is 2.82. The molecular formula is C25H27F4N5O. The van der Waals surface area contributed by atoms with Gasteiger partial charge in [-0.15, -0.1) is 0 Å². The second kappa shape index (κ2) is 10.1. The number of halogens is 4. The molecule has 1 fully saturated rings. The summed E-state index contributed by atoms with van der Waals surface area (Å²) in [6.45, 7) is 0.189. The Kier molecular flexibility index (Phi) is 7.09. The molecule has 0 aliphatic heterocycles. The smallest absolute Gasteiger partial charge is 0.362 e. The van der Waals surface area contributed by atoms with Crippen molar-refractivity contribution in [3.8, 4) is 0 Å². The lowest BCUT2D eigenvalue weighted by Gasteiger charge is -2.29. The van der Waals surface area contributed by atoms with E-state index in [2.05, 4.69) is 20.6 Å². The maximum absolute atomic E-state index is 14.0. The Morgan fingerprint density at radius 1 is 1.03 bits per heavy atom. The molecule has 1 heterocycles. The van der Waals surface area contributed by atoms with Crippen LogP contribution in [0.3, 0.4) is 0 Å². The molecule has 0 unspecified atom stereocenters. The summed E-state index contributed by atoms with van der Waals surface area (Å²) in [6.07, 6.45) is -1.70.